The van der Waals surface area contributed by atoms with E-state index in [2.05, 4.69) is 9.97 Å². The van der Waals surface area contributed by atoms with Crippen molar-refractivity contribution < 1.29 is 9.53 Å². The number of carbonyl (C=O) groups is 1. The molecular weight excluding hydrogens is 280 g/mol. The van der Waals surface area contributed by atoms with Crippen LogP contribution in [0.25, 0.3) is 0 Å². The molecule has 6 nitrogen and oxygen atoms in total. The van der Waals surface area contributed by atoms with Gasteiger partial charge in [0.15, 0.2) is 0 Å². The molecule has 22 heavy (non-hydrogen) atoms. The monoisotopic (exact) mass is 294 g/mol. The molecule has 0 N–H and O–H groups in total. The third kappa shape index (κ3) is 3.04. The summed E-state index contributed by atoms with van der Waals surface area (Å²) in [6, 6.07) is 10.8. The Hall–Kier alpha value is -2.94. The van der Waals surface area contributed by atoms with E-state index in [1.165, 1.54) is 0 Å². The number of hydrogen-bond donors (Lipinski definition) is 0. The van der Waals surface area contributed by atoms with Crippen molar-refractivity contribution in [3.05, 3.63) is 53.9 Å². The molecule has 1 amide bonds. The van der Waals surface area contributed by atoms with E-state index < -0.39 is 0 Å². The highest BCUT2D eigenvalue weighted by Gasteiger charge is 2.28. The van der Waals surface area contributed by atoms with Crippen molar-refractivity contribution >= 4 is 5.91 Å². The topological polar surface area (TPSA) is 79.1 Å². The molecule has 1 aliphatic rings. The van der Waals surface area contributed by atoms with Crippen LogP contribution >= 0.6 is 0 Å². The minimum absolute atomic E-state index is 0.0859. The van der Waals surface area contributed by atoms with Crippen LogP contribution < -0.4 is 4.74 Å². The van der Waals surface area contributed by atoms with Crippen LogP contribution in [0.2, 0.25) is 0 Å². The number of benzene rings is 1. The van der Waals surface area contributed by atoms with Crippen LogP contribution in [0.4, 0.5) is 0 Å². The lowest BCUT2D eigenvalue weighted by Gasteiger charge is -2.16. The first-order chi connectivity index (χ1) is 10.8. The molecule has 3 rings (SSSR count). The summed E-state index contributed by atoms with van der Waals surface area (Å²) in [6.07, 6.45) is 3.87. The molecule has 6 heteroatoms. The Kier molecular flexibility index (Phi) is 3.97. The van der Waals surface area contributed by atoms with Gasteiger partial charge in [-0.1, -0.05) is 6.07 Å². The molecule has 1 aromatic carbocycles. The summed E-state index contributed by atoms with van der Waals surface area (Å²) in [7, 11) is 0. The van der Waals surface area contributed by atoms with Crippen LogP contribution in [-0.2, 0) is 0 Å². The normalized spacial score (nSPS) is 17.0. The van der Waals surface area contributed by atoms with Gasteiger partial charge in [0.25, 0.3) is 5.91 Å². The maximum atomic E-state index is 12.4. The first-order valence-corrected chi connectivity index (χ1v) is 6.99. The van der Waals surface area contributed by atoms with Crippen molar-refractivity contribution in [1.82, 2.24) is 14.9 Å². The molecule has 2 aromatic rings. The summed E-state index contributed by atoms with van der Waals surface area (Å²) in [5.74, 6) is -0.0859. The number of rotatable bonds is 3. The van der Waals surface area contributed by atoms with Crippen molar-refractivity contribution in [1.29, 1.82) is 5.26 Å². The third-order valence-corrected chi connectivity index (χ3v) is 3.49. The second-order valence-corrected chi connectivity index (χ2v) is 5.00. The molecule has 1 aliphatic heterocycles. The van der Waals surface area contributed by atoms with Crippen molar-refractivity contribution in [2.75, 3.05) is 13.1 Å². The molecule has 0 spiro atoms. The number of nitrogens with zero attached hydrogens (tertiary/aromatic N) is 4. The standard InChI is InChI=1S/C16H14N4O2/c17-10-12-3-1-4-13(9-12)15(21)20-8-5-14(11-20)22-16-18-6-2-7-19-16/h1-4,6-7,9,14H,5,8,11H2/t14-/m0/s1. The molecule has 0 radical (unpaired) electrons. The van der Waals surface area contributed by atoms with Gasteiger partial charge in [0.2, 0.25) is 0 Å². The van der Waals surface area contributed by atoms with E-state index in [9.17, 15) is 4.79 Å². The lowest BCUT2D eigenvalue weighted by molar-refractivity contribution is 0.0769. The highest BCUT2D eigenvalue weighted by Crippen LogP contribution is 2.17. The van der Waals surface area contributed by atoms with E-state index in [0.29, 0.717) is 30.2 Å². The van der Waals surface area contributed by atoms with Gasteiger partial charge in [-0.05, 0) is 24.3 Å². The zero-order valence-electron chi connectivity index (χ0n) is 11.8. The van der Waals surface area contributed by atoms with Crippen LogP contribution in [0.3, 0.4) is 0 Å². The average molecular weight is 294 g/mol. The van der Waals surface area contributed by atoms with Crippen LogP contribution in [-0.4, -0.2) is 40.0 Å². The number of likely N-dealkylation sites (tertiary alicyclic amines) is 1. The lowest BCUT2D eigenvalue weighted by atomic mass is 10.1. The van der Waals surface area contributed by atoms with Gasteiger partial charge in [-0.3, -0.25) is 4.79 Å². The molecular formula is C16H14N4O2. The van der Waals surface area contributed by atoms with Gasteiger partial charge in [0, 0.05) is 30.9 Å². The summed E-state index contributed by atoms with van der Waals surface area (Å²) in [4.78, 5) is 22.2. The summed E-state index contributed by atoms with van der Waals surface area (Å²) in [6.45, 7) is 1.11. The fourth-order valence-electron chi connectivity index (χ4n) is 2.41. The predicted octanol–water partition coefficient (Wildman–Crippen LogP) is 1.64. The van der Waals surface area contributed by atoms with Crippen molar-refractivity contribution in [3.63, 3.8) is 0 Å². The Morgan fingerprint density at radius 1 is 1.32 bits per heavy atom. The Balaban J connectivity index is 1.64. The average Bonchev–Trinajstić information content (AvgIpc) is 3.03. The molecule has 1 fully saturated rings. The van der Waals surface area contributed by atoms with Gasteiger partial charge < -0.3 is 9.64 Å². The molecule has 110 valence electrons. The molecule has 1 atom stereocenters. The summed E-state index contributed by atoms with van der Waals surface area (Å²) < 4.78 is 5.67. The number of hydrogen-bond acceptors (Lipinski definition) is 5. The Morgan fingerprint density at radius 3 is 2.91 bits per heavy atom. The van der Waals surface area contributed by atoms with Crippen molar-refractivity contribution in [2.45, 2.75) is 12.5 Å². The minimum atomic E-state index is -0.106. The molecule has 0 saturated carbocycles. The minimum Gasteiger partial charge on any atom is -0.458 e. The Labute approximate surface area is 128 Å². The SMILES string of the molecule is N#Cc1cccc(C(=O)N2CC[C@H](Oc3ncccn3)C2)c1. The van der Waals surface area contributed by atoms with Gasteiger partial charge >= 0.3 is 6.01 Å². The zero-order valence-corrected chi connectivity index (χ0v) is 11.8. The zero-order chi connectivity index (χ0) is 15.4. The first-order valence-electron chi connectivity index (χ1n) is 6.99. The van der Waals surface area contributed by atoms with Gasteiger partial charge in [0.1, 0.15) is 6.10 Å². The number of ether oxygens (including phenoxy) is 1. The van der Waals surface area contributed by atoms with Gasteiger partial charge in [-0.25, -0.2) is 9.97 Å². The van der Waals surface area contributed by atoms with Gasteiger partial charge in [0.05, 0.1) is 18.2 Å². The van der Waals surface area contributed by atoms with E-state index in [0.717, 1.165) is 6.42 Å². The predicted molar refractivity (Wildman–Crippen MR) is 78.1 cm³/mol. The summed E-state index contributed by atoms with van der Waals surface area (Å²) >= 11 is 0. The summed E-state index contributed by atoms with van der Waals surface area (Å²) in [5, 5.41) is 8.91. The number of carbonyl (C=O) groups excluding carboxylic acids is 1. The van der Waals surface area contributed by atoms with E-state index in [1.54, 1.807) is 47.6 Å². The molecule has 2 heterocycles. The highest BCUT2D eigenvalue weighted by molar-refractivity contribution is 5.94. The largest absolute Gasteiger partial charge is 0.458 e. The van der Waals surface area contributed by atoms with Crippen LogP contribution in [0, 0.1) is 11.3 Å². The Morgan fingerprint density at radius 2 is 2.14 bits per heavy atom. The smallest absolute Gasteiger partial charge is 0.316 e. The van der Waals surface area contributed by atoms with Crippen LogP contribution in [0.5, 0.6) is 6.01 Å². The molecule has 1 aromatic heterocycles. The molecule has 0 unspecified atom stereocenters. The van der Waals surface area contributed by atoms with Crippen molar-refractivity contribution in [3.8, 4) is 12.1 Å². The summed E-state index contributed by atoms with van der Waals surface area (Å²) in [5.41, 5.74) is 1.01. The number of amides is 1. The number of nitriles is 1. The molecule has 0 aliphatic carbocycles. The molecule has 1 saturated heterocycles. The van der Waals surface area contributed by atoms with Crippen molar-refractivity contribution in [2.24, 2.45) is 0 Å². The Bertz CT molecular complexity index is 712. The maximum Gasteiger partial charge on any atom is 0.316 e. The maximum absolute atomic E-state index is 12.4. The second kappa shape index (κ2) is 6.22. The fraction of sp³-hybridized carbons (Fsp3) is 0.250. The fourth-order valence-corrected chi connectivity index (χ4v) is 2.41. The third-order valence-electron chi connectivity index (χ3n) is 3.49. The van der Waals surface area contributed by atoms with Gasteiger partial charge in [-0.2, -0.15) is 5.26 Å². The van der Waals surface area contributed by atoms with Gasteiger partial charge in [-0.15, -0.1) is 0 Å². The highest BCUT2D eigenvalue weighted by atomic mass is 16.5. The number of aromatic nitrogens is 2. The first kappa shape index (κ1) is 14.0. The van der Waals surface area contributed by atoms with Crippen LogP contribution in [0.1, 0.15) is 22.3 Å². The lowest BCUT2D eigenvalue weighted by Crippen LogP contribution is -2.31. The van der Waals surface area contributed by atoms with E-state index in [4.69, 9.17) is 10.00 Å². The van der Waals surface area contributed by atoms with Crippen LogP contribution in [0.15, 0.2) is 42.7 Å². The second-order valence-electron chi connectivity index (χ2n) is 5.00. The van der Waals surface area contributed by atoms with E-state index in [1.807, 2.05) is 6.07 Å². The van der Waals surface area contributed by atoms with E-state index >= 15 is 0 Å². The molecule has 0 bridgehead atoms. The van der Waals surface area contributed by atoms with E-state index in [-0.39, 0.29) is 12.0 Å². The quantitative estimate of drug-likeness (QED) is 0.860.